The molecule has 0 fully saturated rings. The monoisotopic (exact) mass is 613 g/mol. The van der Waals surface area contributed by atoms with Gasteiger partial charge in [0.2, 0.25) is 0 Å². The molecule has 0 bridgehead atoms. The first-order valence-electron chi connectivity index (χ1n) is 9.97. The fourth-order valence-corrected chi connectivity index (χ4v) is 3.01. The molecule has 0 saturated carbocycles. The number of nitrogens with zero attached hydrogens (tertiary/aromatic N) is 2. The van der Waals surface area contributed by atoms with Crippen LogP contribution >= 0.6 is 0 Å². The minimum Gasteiger partial charge on any atom is -0.305 e. The summed E-state index contributed by atoms with van der Waals surface area (Å²) in [5.41, 5.74) is 5.39. The Hall–Kier alpha value is -3.53. The van der Waals surface area contributed by atoms with Crippen molar-refractivity contribution in [2.75, 3.05) is 0 Å². The molecule has 0 unspecified atom stereocenters. The summed E-state index contributed by atoms with van der Waals surface area (Å²) in [4.78, 5) is 8.53. The molecule has 0 aliphatic carbocycles. The van der Waals surface area contributed by atoms with Gasteiger partial charge in [-0.3, -0.25) is 8.78 Å². The third-order valence-electron chi connectivity index (χ3n) is 4.64. The van der Waals surface area contributed by atoms with Crippen molar-refractivity contribution in [3.05, 3.63) is 133 Å². The minimum atomic E-state index is -0.287. The normalized spacial score (nSPS) is 9.88. The summed E-state index contributed by atoms with van der Waals surface area (Å²) in [7, 11) is 0. The topological polar surface area (TPSA) is 25.8 Å². The molecule has 2 nitrogen and oxygen atoms in total. The minimum absolute atomic E-state index is 0. The quantitative estimate of drug-likeness (QED) is 0.204. The van der Waals surface area contributed by atoms with Gasteiger partial charge in [-0.1, -0.05) is 54.6 Å². The molecule has 1 radical (unpaired) electrons. The summed E-state index contributed by atoms with van der Waals surface area (Å²) < 4.78 is 25.4. The van der Waals surface area contributed by atoms with E-state index in [9.17, 15) is 8.78 Å². The SMILES string of the molecule is Fc1c[c-]c(-c2ccc(-c3ccccc3)cn2)cc1.Fc1c[c-]c(-c2ccccn2)cc1.[Ir]. The fraction of sp³-hybridized carbons (Fsp3) is 0. The van der Waals surface area contributed by atoms with Crippen LogP contribution in [0.2, 0.25) is 0 Å². The second-order valence-electron chi connectivity index (χ2n) is 6.85. The zero-order chi connectivity index (χ0) is 22.2. The van der Waals surface area contributed by atoms with Gasteiger partial charge in [0.05, 0.1) is 0 Å². The van der Waals surface area contributed by atoms with Crippen molar-refractivity contribution in [2.45, 2.75) is 0 Å². The molecular weight excluding hydrogens is 595 g/mol. The Bertz CT molecular complexity index is 1240. The zero-order valence-corrected chi connectivity index (χ0v) is 19.8. The van der Waals surface area contributed by atoms with Crippen molar-refractivity contribution in [1.29, 1.82) is 0 Å². The van der Waals surface area contributed by atoms with Crippen LogP contribution in [0.4, 0.5) is 8.78 Å². The molecule has 0 N–H and O–H groups in total. The van der Waals surface area contributed by atoms with Crippen LogP contribution < -0.4 is 0 Å². The summed E-state index contributed by atoms with van der Waals surface area (Å²) in [6, 6.07) is 34.1. The number of pyridine rings is 2. The molecule has 0 aliphatic heterocycles. The van der Waals surface area contributed by atoms with Crippen molar-refractivity contribution in [1.82, 2.24) is 9.97 Å². The second-order valence-corrected chi connectivity index (χ2v) is 6.85. The van der Waals surface area contributed by atoms with Gasteiger partial charge in [0.25, 0.3) is 0 Å². The van der Waals surface area contributed by atoms with Gasteiger partial charge in [-0.05, 0) is 28.6 Å². The van der Waals surface area contributed by atoms with Gasteiger partial charge in [-0.25, -0.2) is 0 Å². The van der Waals surface area contributed by atoms with Gasteiger partial charge in [-0.15, -0.1) is 59.7 Å². The first-order valence-corrected chi connectivity index (χ1v) is 9.97. The number of halogens is 2. The van der Waals surface area contributed by atoms with Gasteiger partial charge >= 0.3 is 0 Å². The zero-order valence-electron chi connectivity index (χ0n) is 17.4. The maximum Gasteiger partial charge on any atom is 0.0379 e. The third-order valence-corrected chi connectivity index (χ3v) is 4.64. The van der Waals surface area contributed by atoms with Crippen LogP contribution in [0.15, 0.2) is 109 Å². The smallest absolute Gasteiger partial charge is 0.0379 e. The Kier molecular flexibility index (Phi) is 8.70. The van der Waals surface area contributed by atoms with E-state index in [2.05, 4.69) is 22.1 Å². The summed E-state index contributed by atoms with van der Waals surface area (Å²) >= 11 is 0. The molecule has 5 rings (SSSR count). The third kappa shape index (κ3) is 6.72. The van der Waals surface area contributed by atoms with Crippen LogP contribution in [0.1, 0.15) is 0 Å². The maximum atomic E-state index is 12.8. The molecule has 0 amide bonds. The molecule has 2 aromatic heterocycles. The Labute approximate surface area is 205 Å². The first kappa shape index (κ1) is 24.1. The summed E-state index contributed by atoms with van der Waals surface area (Å²) in [5.74, 6) is -0.565. The van der Waals surface area contributed by atoms with Gasteiger partial charge in [-0.2, -0.15) is 0 Å². The van der Waals surface area contributed by atoms with Crippen molar-refractivity contribution in [2.24, 2.45) is 0 Å². The van der Waals surface area contributed by atoms with E-state index in [-0.39, 0.29) is 31.7 Å². The van der Waals surface area contributed by atoms with Crippen LogP contribution in [-0.2, 0) is 20.1 Å². The first-order chi connectivity index (χ1) is 15.7. The number of benzene rings is 3. The molecule has 33 heavy (non-hydrogen) atoms. The molecule has 5 aromatic rings. The van der Waals surface area contributed by atoms with Crippen LogP contribution in [0.25, 0.3) is 33.6 Å². The van der Waals surface area contributed by atoms with E-state index in [4.69, 9.17) is 0 Å². The Morgan fingerprint density at radius 3 is 1.64 bits per heavy atom. The molecule has 5 heteroatoms. The van der Waals surface area contributed by atoms with Gasteiger partial charge < -0.3 is 9.97 Å². The van der Waals surface area contributed by atoms with E-state index in [1.807, 2.05) is 66.9 Å². The van der Waals surface area contributed by atoms with Gasteiger partial charge in [0.15, 0.2) is 0 Å². The van der Waals surface area contributed by atoms with Crippen LogP contribution in [0, 0.1) is 23.8 Å². The molecule has 3 aromatic carbocycles. The molecule has 2 heterocycles. The molecule has 0 aliphatic rings. The molecule has 165 valence electrons. The van der Waals surface area contributed by atoms with Crippen molar-refractivity contribution in [3.8, 4) is 33.6 Å². The van der Waals surface area contributed by atoms with E-state index in [0.29, 0.717) is 0 Å². The maximum absolute atomic E-state index is 12.8. The largest absolute Gasteiger partial charge is 0.305 e. The van der Waals surface area contributed by atoms with Gasteiger partial charge in [0, 0.05) is 44.1 Å². The number of rotatable bonds is 3. The van der Waals surface area contributed by atoms with E-state index < -0.39 is 0 Å². The van der Waals surface area contributed by atoms with E-state index in [1.165, 1.54) is 24.3 Å². The predicted molar refractivity (Wildman–Crippen MR) is 122 cm³/mol. The number of hydrogen-bond acceptors (Lipinski definition) is 2. The van der Waals surface area contributed by atoms with Crippen molar-refractivity contribution < 1.29 is 28.9 Å². The molecule has 0 saturated heterocycles. The summed E-state index contributed by atoms with van der Waals surface area (Å²) in [6.45, 7) is 0. The van der Waals surface area contributed by atoms with Crippen LogP contribution in [0.3, 0.4) is 0 Å². The average Bonchev–Trinajstić information content (AvgIpc) is 2.87. The Morgan fingerprint density at radius 1 is 0.545 bits per heavy atom. The van der Waals surface area contributed by atoms with Crippen molar-refractivity contribution in [3.63, 3.8) is 0 Å². The van der Waals surface area contributed by atoms with Crippen LogP contribution in [-0.4, -0.2) is 9.97 Å². The summed E-state index contributed by atoms with van der Waals surface area (Å²) in [5, 5.41) is 0. The van der Waals surface area contributed by atoms with E-state index in [0.717, 1.165) is 33.6 Å². The molecule has 0 spiro atoms. The van der Waals surface area contributed by atoms with Crippen LogP contribution in [0.5, 0.6) is 0 Å². The molecule has 0 atom stereocenters. The summed E-state index contributed by atoms with van der Waals surface area (Å²) in [6.07, 6.45) is 3.52. The fourth-order valence-electron chi connectivity index (χ4n) is 3.01. The van der Waals surface area contributed by atoms with E-state index in [1.54, 1.807) is 18.3 Å². The molecular formula is C28H18F2IrN2-2. The average molecular weight is 613 g/mol. The number of aromatic nitrogens is 2. The number of hydrogen-bond donors (Lipinski definition) is 0. The van der Waals surface area contributed by atoms with E-state index >= 15 is 0 Å². The van der Waals surface area contributed by atoms with Gasteiger partial charge in [0.1, 0.15) is 0 Å². The predicted octanol–water partition coefficient (Wildman–Crippen LogP) is 7.04. The Morgan fingerprint density at radius 2 is 1.15 bits per heavy atom. The second kappa shape index (κ2) is 11.9. The standard InChI is InChI=1S/C17H11FN.C11H7FN.Ir/c18-16-9-6-14(7-10-16)17-11-8-15(12-19-17)13-4-2-1-3-5-13;12-10-6-4-9(5-7-10)11-3-1-2-8-13-11;/h1-6,8-12H;1-4,6-8H;/q2*-1;. The Balaban J connectivity index is 0.000000192. The van der Waals surface area contributed by atoms with Crippen molar-refractivity contribution >= 4 is 0 Å².